The Kier molecular flexibility index (Phi) is 4.06. The first-order valence-electron chi connectivity index (χ1n) is 6.17. The van der Waals surface area contributed by atoms with Crippen molar-refractivity contribution in [3.8, 4) is 11.5 Å². The summed E-state index contributed by atoms with van der Waals surface area (Å²) in [4.78, 5) is 4.60. The molecule has 102 valence electrons. The molecule has 0 spiro atoms. The summed E-state index contributed by atoms with van der Waals surface area (Å²) in [6.45, 7) is 5.04. The number of aromatic nitrogens is 2. The van der Waals surface area contributed by atoms with Crippen LogP contribution in [0.5, 0.6) is 11.5 Å². The molecule has 0 aliphatic carbocycles. The van der Waals surface area contributed by atoms with Gasteiger partial charge in [0.25, 0.3) is 0 Å². The van der Waals surface area contributed by atoms with Crippen LogP contribution in [0.2, 0.25) is 0 Å². The largest absolute Gasteiger partial charge is 0.493 e. The van der Waals surface area contributed by atoms with Gasteiger partial charge in [0.15, 0.2) is 11.5 Å². The molecule has 1 aromatic carbocycles. The van der Waals surface area contributed by atoms with Crippen molar-refractivity contribution in [3.05, 3.63) is 30.6 Å². The fourth-order valence-corrected chi connectivity index (χ4v) is 2.15. The fourth-order valence-electron chi connectivity index (χ4n) is 2.15. The summed E-state index contributed by atoms with van der Waals surface area (Å²) in [5.41, 5.74) is 7.51. The van der Waals surface area contributed by atoms with E-state index >= 15 is 0 Å². The van der Waals surface area contributed by atoms with Gasteiger partial charge in [-0.1, -0.05) is 6.08 Å². The molecule has 0 bridgehead atoms. The maximum Gasteiger partial charge on any atom is 0.163 e. The number of rotatable bonds is 6. The van der Waals surface area contributed by atoms with Gasteiger partial charge in [-0.15, -0.1) is 6.58 Å². The van der Waals surface area contributed by atoms with E-state index in [9.17, 15) is 0 Å². The van der Waals surface area contributed by atoms with E-state index in [1.807, 2.05) is 18.2 Å². The van der Waals surface area contributed by atoms with E-state index in [2.05, 4.69) is 16.1 Å². The van der Waals surface area contributed by atoms with Crippen LogP contribution in [0.15, 0.2) is 24.8 Å². The first-order chi connectivity index (χ1) is 9.24. The third-order valence-corrected chi connectivity index (χ3v) is 3.01. The van der Waals surface area contributed by atoms with E-state index in [0.29, 0.717) is 24.6 Å². The number of fused-ring (bicyclic) bond motifs is 1. The van der Waals surface area contributed by atoms with Gasteiger partial charge in [0, 0.05) is 25.1 Å². The molecule has 5 heteroatoms. The lowest BCUT2D eigenvalue weighted by Gasteiger charge is -2.09. The molecule has 0 radical (unpaired) electrons. The number of ether oxygens (including phenoxy) is 2. The van der Waals surface area contributed by atoms with Crippen molar-refractivity contribution < 1.29 is 9.47 Å². The normalized spacial score (nSPS) is 10.7. The Morgan fingerprint density at radius 1 is 1.32 bits per heavy atom. The number of hydrogen-bond acceptors (Lipinski definition) is 4. The lowest BCUT2D eigenvalue weighted by Crippen LogP contribution is -2.09. The number of nitrogens with zero attached hydrogens (tertiary/aromatic N) is 2. The highest BCUT2D eigenvalue weighted by Gasteiger charge is 2.13. The van der Waals surface area contributed by atoms with E-state index in [1.165, 1.54) is 0 Å². The highest BCUT2D eigenvalue weighted by atomic mass is 16.5. The van der Waals surface area contributed by atoms with Gasteiger partial charge in [-0.25, -0.2) is 4.98 Å². The number of hydrogen-bond donors (Lipinski definition) is 1. The van der Waals surface area contributed by atoms with Crippen molar-refractivity contribution in [1.82, 2.24) is 9.55 Å². The molecular weight excluding hydrogens is 242 g/mol. The van der Waals surface area contributed by atoms with Crippen LogP contribution in [-0.2, 0) is 13.0 Å². The number of benzene rings is 1. The van der Waals surface area contributed by atoms with Gasteiger partial charge >= 0.3 is 0 Å². The molecule has 0 unspecified atom stereocenters. The Bertz CT molecular complexity index is 590. The van der Waals surface area contributed by atoms with Gasteiger partial charge in [0.2, 0.25) is 0 Å². The maximum absolute atomic E-state index is 5.63. The molecule has 0 saturated heterocycles. The second-order valence-electron chi connectivity index (χ2n) is 4.16. The third-order valence-electron chi connectivity index (χ3n) is 3.01. The highest BCUT2D eigenvalue weighted by molar-refractivity contribution is 5.80. The van der Waals surface area contributed by atoms with Crippen LogP contribution in [-0.4, -0.2) is 30.3 Å². The average Bonchev–Trinajstić information content (AvgIpc) is 2.75. The predicted octanol–water partition coefficient (Wildman–Crippen LogP) is 1.74. The van der Waals surface area contributed by atoms with Crippen molar-refractivity contribution in [2.45, 2.75) is 13.0 Å². The molecule has 0 aliphatic rings. The maximum atomic E-state index is 5.63. The average molecular weight is 261 g/mol. The standard InChI is InChI=1S/C14H19N3O2/c1-4-7-17-11-9-13(19-3)12(18-2)8-10(11)16-14(17)5-6-15/h4,8-9H,1,5-7,15H2,2-3H3. The Morgan fingerprint density at radius 3 is 2.58 bits per heavy atom. The van der Waals surface area contributed by atoms with Crippen molar-refractivity contribution in [2.75, 3.05) is 20.8 Å². The van der Waals surface area contributed by atoms with Gasteiger partial charge in [-0.05, 0) is 6.54 Å². The molecule has 1 heterocycles. The summed E-state index contributed by atoms with van der Waals surface area (Å²) in [6.07, 6.45) is 2.57. The first-order valence-corrected chi connectivity index (χ1v) is 6.17. The van der Waals surface area contributed by atoms with E-state index in [1.54, 1.807) is 14.2 Å². The minimum absolute atomic E-state index is 0.564. The lowest BCUT2D eigenvalue weighted by molar-refractivity contribution is 0.355. The zero-order chi connectivity index (χ0) is 13.8. The zero-order valence-electron chi connectivity index (χ0n) is 11.3. The molecule has 0 aliphatic heterocycles. The molecule has 19 heavy (non-hydrogen) atoms. The topological polar surface area (TPSA) is 62.3 Å². The summed E-state index contributed by atoms with van der Waals surface area (Å²) < 4.78 is 12.7. The van der Waals surface area contributed by atoms with E-state index in [-0.39, 0.29) is 0 Å². The van der Waals surface area contributed by atoms with Crippen LogP contribution in [0.25, 0.3) is 11.0 Å². The number of methoxy groups -OCH3 is 2. The Morgan fingerprint density at radius 2 is 2.00 bits per heavy atom. The Balaban J connectivity index is 2.65. The van der Waals surface area contributed by atoms with Crippen LogP contribution in [0, 0.1) is 0 Å². The van der Waals surface area contributed by atoms with E-state index in [0.717, 1.165) is 23.3 Å². The van der Waals surface area contributed by atoms with Gasteiger partial charge in [0.05, 0.1) is 25.3 Å². The lowest BCUT2D eigenvalue weighted by atomic mass is 10.2. The summed E-state index contributed by atoms with van der Waals surface area (Å²) in [7, 11) is 3.24. The molecule has 2 rings (SSSR count). The van der Waals surface area contributed by atoms with Crippen LogP contribution in [0.1, 0.15) is 5.82 Å². The predicted molar refractivity (Wildman–Crippen MR) is 75.8 cm³/mol. The Hall–Kier alpha value is -2.01. The molecular formula is C14H19N3O2. The van der Waals surface area contributed by atoms with Crippen molar-refractivity contribution in [2.24, 2.45) is 5.73 Å². The smallest absolute Gasteiger partial charge is 0.163 e. The summed E-state index contributed by atoms with van der Waals surface area (Å²) in [6, 6.07) is 3.82. The third kappa shape index (κ3) is 2.42. The number of allylic oxidation sites excluding steroid dienone is 1. The molecule has 0 saturated carbocycles. The van der Waals surface area contributed by atoms with Crippen LogP contribution < -0.4 is 15.2 Å². The minimum Gasteiger partial charge on any atom is -0.493 e. The quantitative estimate of drug-likeness (QED) is 0.805. The van der Waals surface area contributed by atoms with Crippen molar-refractivity contribution in [3.63, 3.8) is 0 Å². The molecule has 0 fully saturated rings. The monoisotopic (exact) mass is 261 g/mol. The van der Waals surface area contributed by atoms with E-state index < -0.39 is 0 Å². The molecule has 5 nitrogen and oxygen atoms in total. The summed E-state index contributed by atoms with van der Waals surface area (Å²) in [5.74, 6) is 2.32. The molecule has 2 N–H and O–H groups in total. The van der Waals surface area contributed by atoms with Crippen LogP contribution in [0.4, 0.5) is 0 Å². The molecule has 0 atom stereocenters. The Labute approximate surface area is 112 Å². The minimum atomic E-state index is 0.564. The van der Waals surface area contributed by atoms with E-state index in [4.69, 9.17) is 15.2 Å². The summed E-state index contributed by atoms with van der Waals surface area (Å²) >= 11 is 0. The van der Waals surface area contributed by atoms with Crippen molar-refractivity contribution in [1.29, 1.82) is 0 Å². The second kappa shape index (κ2) is 5.75. The second-order valence-corrected chi connectivity index (χ2v) is 4.16. The zero-order valence-corrected chi connectivity index (χ0v) is 11.3. The number of imidazole rings is 1. The van der Waals surface area contributed by atoms with Crippen LogP contribution >= 0.6 is 0 Å². The van der Waals surface area contributed by atoms with Gasteiger partial charge < -0.3 is 19.8 Å². The van der Waals surface area contributed by atoms with Crippen molar-refractivity contribution >= 4 is 11.0 Å². The molecule has 1 aromatic heterocycles. The first kappa shape index (κ1) is 13.4. The van der Waals surface area contributed by atoms with Gasteiger partial charge in [-0.2, -0.15) is 0 Å². The molecule has 2 aromatic rings. The SMILES string of the molecule is C=CCn1c(CCN)nc2cc(OC)c(OC)cc21. The summed E-state index contributed by atoms with van der Waals surface area (Å²) in [5, 5.41) is 0. The fraction of sp³-hybridized carbons (Fsp3) is 0.357. The highest BCUT2D eigenvalue weighted by Crippen LogP contribution is 2.32. The van der Waals surface area contributed by atoms with Crippen LogP contribution in [0.3, 0.4) is 0 Å². The molecule has 0 amide bonds. The number of nitrogens with two attached hydrogens (primary N) is 1. The van der Waals surface area contributed by atoms with Gasteiger partial charge in [-0.3, -0.25) is 0 Å². The van der Waals surface area contributed by atoms with Gasteiger partial charge in [0.1, 0.15) is 5.82 Å².